The number of benzene rings is 1. The monoisotopic (exact) mass is 209 g/mol. The molecule has 15 heavy (non-hydrogen) atoms. The molecule has 0 atom stereocenters. The molecule has 0 spiro atoms. The summed E-state index contributed by atoms with van der Waals surface area (Å²) in [5, 5.41) is 10.8. The second kappa shape index (κ2) is 3.42. The van der Waals surface area contributed by atoms with Crippen molar-refractivity contribution in [3.05, 3.63) is 27.8 Å². The Bertz CT molecular complexity index is 414. The van der Waals surface area contributed by atoms with Crippen LogP contribution in [0.2, 0.25) is 0 Å². The number of ether oxygens (including phenoxy) is 2. The zero-order chi connectivity index (χ0) is 11.0. The predicted octanol–water partition coefficient (Wildman–Crippen LogP) is 2.45. The fraction of sp³-hybridized carbons (Fsp3) is 0.400. The number of nitro groups is 1. The number of hydrogen-bond acceptors (Lipinski definition) is 4. The van der Waals surface area contributed by atoms with E-state index in [9.17, 15) is 10.1 Å². The first-order chi connectivity index (χ1) is 7.09. The zero-order valence-electron chi connectivity index (χ0n) is 8.52. The van der Waals surface area contributed by atoms with E-state index in [1.165, 1.54) is 6.07 Å². The average molecular weight is 209 g/mol. The molecule has 0 unspecified atom stereocenters. The SMILES string of the molecule is CC(C)c1cc2c(cc1[N+](=O)[O-])OCO2. The van der Waals surface area contributed by atoms with Crippen molar-refractivity contribution in [3.8, 4) is 11.5 Å². The Kier molecular flexibility index (Phi) is 2.22. The quantitative estimate of drug-likeness (QED) is 0.554. The van der Waals surface area contributed by atoms with Crippen LogP contribution in [0.4, 0.5) is 5.69 Å². The Morgan fingerprint density at radius 1 is 1.33 bits per heavy atom. The molecule has 0 fully saturated rings. The summed E-state index contributed by atoms with van der Waals surface area (Å²) in [6.45, 7) is 3.95. The van der Waals surface area contributed by atoms with Crippen LogP contribution in [0.1, 0.15) is 25.3 Å². The second-order valence-electron chi connectivity index (χ2n) is 3.68. The Balaban J connectivity index is 2.57. The number of rotatable bonds is 2. The number of nitrogens with zero attached hydrogens (tertiary/aromatic N) is 1. The first kappa shape index (κ1) is 9.76. The minimum absolute atomic E-state index is 0.0832. The largest absolute Gasteiger partial charge is 0.454 e. The summed E-state index contributed by atoms with van der Waals surface area (Å²) in [6.07, 6.45) is 0. The van der Waals surface area contributed by atoms with E-state index in [2.05, 4.69) is 0 Å². The Labute approximate surface area is 86.8 Å². The number of nitro benzene ring substituents is 1. The molecular formula is C10H11NO4. The van der Waals surface area contributed by atoms with Crippen LogP contribution in [-0.2, 0) is 0 Å². The third kappa shape index (κ3) is 1.60. The normalized spacial score (nSPS) is 13.3. The minimum atomic E-state index is -0.392. The van der Waals surface area contributed by atoms with E-state index in [-0.39, 0.29) is 18.4 Å². The molecule has 0 saturated carbocycles. The molecule has 0 N–H and O–H groups in total. The highest BCUT2D eigenvalue weighted by molar-refractivity contribution is 5.56. The van der Waals surface area contributed by atoms with Crippen molar-refractivity contribution in [2.75, 3.05) is 6.79 Å². The van der Waals surface area contributed by atoms with Gasteiger partial charge in [-0.3, -0.25) is 10.1 Å². The van der Waals surface area contributed by atoms with Gasteiger partial charge in [-0.25, -0.2) is 0 Å². The zero-order valence-corrected chi connectivity index (χ0v) is 8.52. The number of hydrogen-bond donors (Lipinski definition) is 0. The van der Waals surface area contributed by atoms with E-state index in [0.29, 0.717) is 17.1 Å². The van der Waals surface area contributed by atoms with Crippen molar-refractivity contribution in [1.82, 2.24) is 0 Å². The molecule has 5 heteroatoms. The summed E-state index contributed by atoms with van der Waals surface area (Å²) in [5.41, 5.74) is 0.763. The van der Waals surface area contributed by atoms with Gasteiger partial charge in [0.2, 0.25) is 6.79 Å². The first-order valence-electron chi connectivity index (χ1n) is 4.67. The van der Waals surface area contributed by atoms with Gasteiger partial charge in [-0.2, -0.15) is 0 Å². The Morgan fingerprint density at radius 3 is 2.47 bits per heavy atom. The number of fused-ring (bicyclic) bond motifs is 1. The second-order valence-corrected chi connectivity index (χ2v) is 3.68. The highest BCUT2D eigenvalue weighted by atomic mass is 16.7. The van der Waals surface area contributed by atoms with E-state index in [1.54, 1.807) is 6.07 Å². The molecule has 1 aromatic carbocycles. The van der Waals surface area contributed by atoms with Gasteiger partial charge in [-0.05, 0) is 12.0 Å². The van der Waals surface area contributed by atoms with Crippen LogP contribution in [0.3, 0.4) is 0 Å². The summed E-state index contributed by atoms with van der Waals surface area (Å²) in [5.74, 6) is 1.12. The van der Waals surface area contributed by atoms with Crippen LogP contribution >= 0.6 is 0 Å². The third-order valence-corrected chi connectivity index (χ3v) is 2.34. The first-order valence-corrected chi connectivity index (χ1v) is 4.67. The molecule has 5 nitrogen and oxygen atoms in total. The van der Waals surface area contributed by atoms with Crippen LogP contribution in [0.25, 0.3) is 0 Å². The topological polar surface area (TPSA) is 61.6 Å². The van der Waals surface area contributed by atoms with Gasteiger partial charge in [-0.15, -0.1) is 0 Å². The molecule has 0 bridgehead atoms. The molecule has 1 aliphatic rings. The van der Waals surface area contributed by atoms with Crippen LogP contribution in [0.5, 0.6) is 11.5 Å². The van der Waals surface area contributed by atoms with Crippen LogP contribution in [0.15, 0.2) is 12.1 Å². The fourth-order valence-corrected chi connectivity index (χ4v) is 1.57. The van der Waals surface area contributed by atoms with Crippen molar-refractivity contribution in [2.24, 2.45) is 0 Å². The van der Waals surface area contributed by atoms with Gasteiger partial charge in [0, 0.05) is 5.56 Å². The van der Waals surface area contributed by atoms with Gasteiger partial charge in [0.25, 0.3) is 5.69 Å². The third-order valence-electron chi connectivity index (χ3n) is 2.34. The summed E-state index contributed by atoms with van der Waals surface area (Å²) in [4.78, 5) is 10.4. The maximum Gasteiger partial charge on any atom is 0.276 e. The maximum atomic E-state index is 10.8. The molecule has 1 heterocycles. The van der Waals surface area contributed by atoms with Crippen molar-refractivity contribution in [3.63, 3.8) is 0 Å². The standard InChI is InChI=1S/C10H11NO4/c1-6(2)7-3-9-10(15-5-14-9)4-8(7)11(12)13/h3-4,6H,5H2,1-2H3. The van der Waals surface area contributed by atoms with Crippen molar-refractivity contribution < 1.29 is 14.4 Å². The van der Waals surface area contributed by atoms with Crippen LogP contribution in [-0.4, -0.2) is 11.7 Å². The molecule has 0 radical (unpaired) electrons. The van der Waals surface area contributed by atoms with E-state index in [4.69, 9.17) is 9.47 Å². The van der Waals surface area contributed by atoms with Crippen LogP contribution < -0.4 is 9.47 Å². The summed E-state index contributed by atoms with van der Waals surface area (Å²) < 4.78 is 10.3. The lowest BCUT2D eigenvalue weighted by Crippen LogP contribution is -1.97. The van der Waals surface area contributed by atoms with E-state index in [1.807, 2.05) is 13.8 Å². The highest BCUT2D eigenvalue weighted by Crippen LogP contribution is 2.40. The van der Waals surface area contributed by atoms with Crippen molar-refractivity contribution in [1.29, 1.82) is 0 Å². The van der Waals surface area contributed by atoms with Gasteiger partial charge in [0.05, 0.1) is 11.0 Å². The predicted molar refractivity (Wildman–Crippen MR) is 53.3 cm³/mol. The molecule has 1 aliphatic heterocycles. The molecule has 80 valence electrons. The van der Waals surface area contributed by atoms with Gasteiger partial charge in [0.15, 0.2) is 11.5 Å². The molecular weight excluding hydrogens is 198 g/mol. The minimum Gasteiger partial charge on any atom is -0.454 e. The molecule has 1 aromatic rings. The molecule has 0 aliphatic carbocycles. The molecule has 0 amide bonds. The Hall–Kier alpha value is -1.78. The average Bonchev–Trinajstić information content (AvgIpc) is 2.61. The van der Waals surface area contributed by atoms with Crippen molar-refractivity contribution >= 4 is 5.69 Å². The lowest BCUT2D eigenvalue weighted by atomic mass is 10.0. The van der Waals surface area contributed by atoms with Gasteiger partial charge in [0.1, 0.15) is 0 Å². The molecule has 0 saturated heterocycles. The summed E-state index contributed by atoms with van der Waals surface area (Å²) in [7, 11) is 0. The summed E-state index contributed by atoms with van der Waals surface area (Å²) >= 11 is 0. The highest BCUT2D eigenvalue weighted by Gasteiger charge is 2.24. The smallest absolute Gasteiger partial charge is 0.276 e. The lowest BCUT2D eigenvalue weighted by Gasteiger charge is -2.07. The van der Waals surface area contributed by atoms with Crippen molar-refractivity contribution in [2.45, 2.75) is 19.8 Å². The van der Waals surface area contributed by atoms with E-state index < -0.39 is 4.92 Å². The fourth-order valence-electron chi connectivity index (χ4n) is 1.57. The van der Waals surface area contributed by atoms with Gasteiger partial charge < -0.3 is 9.47 Å². The summed E-state index contributed by atoms with van der Waals surface area (Å²) in [6, 6.07) is 3.11. The Morgan fingerprint density at radius 2 is 1.93 bits per heavy atom. The van der Waals surface area contributed by atoms with Gasteiger partial charge >= 0.3 is 0 Å². The maximum absolute atomic E-state index is 10.8. The van der Waals surface area contributed by atoms with Gasteiger partial charge in [-0.1, -0.05) is 13.8 Å². The lowest BCUT2D eigenvalue weighted by molar-refractivity contribution is -0.385. The van der Waals surface area contributed by atoms with E-state index in [0.717, 1.165) is 0 Å². The molecule has 0 aromatic heterocycles. The molecule has 2 rings (SSSR count). The van der Waals surface area contributed by atoms with E-state index >= 15 is 0 Å². The van der Waals surface area contributed by atoms with Crippen LogP contribution in [0, 0.1) is 10.1 Å².